The molecule has 0 fully saturated rings. The first-order valence-corrected chi connectivity index (χ1v) is 7.04. The molecule has 6 heteroatoms. The van der Waals surface area contributed by atoms with Crippen molar-refractivity contribution in [1.82, 2.24) is 14.5 Å². The van der Waals surface area contributed by atoms with E-state index in [0.29, 0.717) is 20.2 Å². The second kappa shape index (κ2) is 5.13. The lowest BCUT2D eigenvalue weighted by Crippen LogP contribution is -2.07. The number of aromatic nitrogens is 3. The number of aryl methyl sites for hydroxylation is 1. The van der Waals surface area contributed by atoms with Gasteiger partial charge in [-0.15, -0.1) is 0 Å². The zero-order valence-electron chi connectivity index (χ0n) is 10.5. The van der Waals surface area contributed by atoms with E-state index < -0.39 is 0 Å². The average Bonchev–Trinajstić information content (AvgIpc) is 2.42. The average molecular weight is 322 g/mol. The number of fused-ring (bicyclic) bond motifs is 1. The Morgan fingerprint density at radius 3 is 2.70 bits per heavy atom. The third-order valence-corrected chi connectivity index (χ3v) is 3.85. The molecule has 2 heterocycles. The second-order valence-corrected chi connectivity index (χ2v) is 5.50. The first kappa shape index (κ1) is 13.5. The zero-order valence-corrected chi connectivity index (χ0v) is 12.8. The number of nitrogens with zero attached hydrogens (tertiary/aromatic N) is 3. The molecule has 20 heavy (non-hydrogen) atoms. The first-order valence-electron chi connectivity index (χ1n) is 5.88. The van der Waals surface area contributed by atoms with Crippen molar-refractivity contribution >= 4 is 46.3 Å². The van der Waals surface area contributed by atoms with E-state index in [1.165, 1.54) is 0 Å². The van der Waals surface area contributed by atoms with Gasteiger partial charge in [-0.2, -0.15) is 0 Å². The highest BCUT2D eigenvalue weighted by Gasteiger charge is 2.11. The minimum atomic E-state index is 0.495. The van der Waals surface area contributed by atoms with Crippen molar-refractivity contribution in [3.63, 3.8) is 0 Å². The summed E-state index contributed by atoms with van der Waals surface area (Å²) >= 11 is 17.8. The highest BCUT2D eigenvalue weighted by Crippen LogP contribution is 2.28. The van der Waals surface area contributed by atoms with Gasteiger partial charge in [0, 0.05) is 16.6 Å². The van der Waals surface area contributed by atoms with E-state index >= 15 is 0 Å². The molecule has 100 valence electrons. The van der Waals surface area contributed by atoms with Crippen molar-refractivity contribution in [2.75, 3.05) is 0 Å². The molecule has 0 N–H and O–H groups in total. The summed E-state index contributed by atoms with van der Waals surface area (Å²) in [5, 5.41) is 1.77. The molecule has 0 aliphatic rings. The molecule has 3 nitrogen and oxygen atoms in total. The molecule has 2 aromatic heterocycles. The van der Waals surface area contributed by atoms with Crippen LogP contribution in [0.4, 0.5) is 0 Å². The van der Waals surface area contributed by atoms with Crippen molar-refractivity contribution in [2.24, 2.45) is 0 Å². The van der Waals surface area contributed by atoms with Gasteiger partial charge in [0.05, 0.1) is 10.5 Å². The highest BCUT2D eigenvalue weighted by atomic mass is 35.5. The number of pyridine rings is 1. The molecule has 0 spiro atoms. The molecule has 0 aliphatic heterocycles. The Balaban J connectivity index is 2.44. The topological polar surface area (TPSA) is 30.7 Å². The predicted octanol–water partition coefficient (Wildman–Crippen LogP) is 4.77. The van der Waals surface area contributed by atoms with Crippen LogP contribution in [-0.2, 0) is 0 Å². The fourth-order valence-electron chi connectivity index (χ4n) is 2.08. The third kappa shape index (κ3) is 2.20. The standard InChI is InChI=1S/C14H9Cl2N3S/c1-8-18-13-10(6-9(15)7-11(13)16)14(20)19(8)12-4-2-3-5-17-12/h2-7H,1H3. The summed E-state index contributed by atoms with van der Waals surface area (Å²) in [5.41, 5.74) is 0.658. The lowest BCUT2D eigenvalue weighted by Gasteiger charge is -2.12. The van der Waals surface area contributed by atoms with Gasteiger partial charge in [-0.1, -0.05) is 41.5 Å². The fraction of sp³-hybridized carbons (Fsp3) is 0.0714. The van der Waals surface area contributed by atoms with E-state index in [0.717, 1.165) is 17.0 Å². The van der Waals surface area contributed by atoms with E-state index in [1.54, 1.807) is 18.3 Å². The molecular formula is C14H9Cl2N3S. The van der Waals surface area contributed by atoms with Crippen LogP contribution in [0.2, 0.25) is 10.0 Å². The maximum atomic E-state index is 6.19. The summed E-state index contributed by atoms with van der Waals surface area (Å²) in [5.74, 6) is 1.45. The Hall–Kier alpha value is -1.49. The van der Waals surface area contributed by atoms with Crippen LogP contribution >= 0.6 is 35.4 Å². The van der Waals surface area contributed by atoms with Crippen molar-refractivity contribution in [2.45, 2.75) is 6.92 Å². The normalized spacial score (nSPS) is 10.9. The second-order valence-electron chi connectivity index (χ2n) is 4.27. The molecule has 0 saturated heterocycles. The van der Waals surface area contributed by atoms with E-state index in [1.807, 2.05) is 29.7 Å². The molecule has 0 unspecified atom stereocenters. The minimum absolute atomic E-state index is 0.495. The maximum absolute atomic E-state index is 6.19. The van der Waals surface area contributed by atoms with E-state index in [-0.39, 0.29) is 0 Å². The van der Waals surface area contributed by atoms with Crippen molar-refractivity contribution in [3.8, 4) is 5.82 Å². The number of benzene rings is 1. The molecule has 1 aromatic carbocycles. The quantitative estimate of drug-likeness (QED) is 0.605. The Morgan fingerprint density at radius 2 is 2.00 bits per heavy atom. The van der Waals surface area contributed by atoms with Crippen LogP contribution in [0.1, 0.15) is 5.82 Å². The van der Waals surface area contributed by atoms with Gasteiger partial charge in [0.2, 0.25) is 0 Å². The first-order chi connectivity index (χ1) is 9.58. The summed E-state index contributed by atoms with van der Waals surface area (Å²) in [7, 11) is 0. The molecule has 0 atom stereocenters. The van der Waals surface area contributed by atoms with Gasteiger partial charge in [0.25, 0.3) is 0 Å². The Labute approximate surface area is 130 Å². The Kier molecular flexibility index (Phi) is 3.46. The van der Waals surface area contributed by atoms with Crippen molar-refractivity contribution in [1.29, 1.82) is 0 Å². The van der Waals surface area contributed by atoms with Crippen LogP contribution < -0.4 is 0 Å². The van der Waals surface area contributed by atoms with E-state index in [4.69, 9.17) is 35.4 Å². The molecule has 0 amide bonds. The van der Waals surface area contributed by atoms with E-state index in [9.17, 15) is 0 Å². The number of hydrogen-bond donors (Lipinski definition) is 0. The molecule has 3 rings (SSSR count). The SMILES string of the molecule is Cc1nc2c(Cl)cc(Cl)cc2c(=S)n1-c1ccccn1. The van der Waals surface area contributed by atoms with E-state index in [2.05, 4.69) is 9.97 Å². The van der Waals surface area contributed by atoms with Gasteiger partial charge in [0.15, 0.2) is 0 Å². The molecule has 0 saturated carbocycles. The van der Waals surface area contributed by atoms with Crippen LogP contribution in [0.3, 0.4) is 0 Å². The lowest BCUT2D eigenvalue weighted by atomic mass is 10.2. The monoisotopic (exact) mass is 321 g/mol. The number of halogens is 2. The number of rotatable bonds is 1. The van der Waals surface area contributed by atoms with Gasteiger partial charge >= 0.3 is 0 Å². The van der Waals surface area contributed by atoms with Crippen molar-refractivity contribution < 1.29 is 0 Å². The molecule has 0 radical (unpaired) electrons. The summed E-state index contributed by atoms with van der Waals surface area (Å²) in [4.78, 5) is 8.83. The lowest BCUT2D eigenvalue weighted by molar-refractivity contribution is 0.884. The van der Waals surface area contributed by atoms with Gasteiger partial charge in [-0.25, -0.2) is 9.97 Å². The van der Waals surface area contributed by atoms with Gasteiger partial charge < -0.3 is 0 Å². The largest absolute Gasteiger partial charge is 0.272 e. The van der Waals surface area contributed by atoms with Gasteiger partial charge in [-0.05, 0) is 31.2 Å². The van der Waals surface area contributed by atoms with Gasteiger partial charge in [0.1, 0.15) is 16.3 Å². The third-order valence-electron chi connectivity index (χ3n) is 2.94. The minimum Gasteiger partial charge on any atom is -0.272 e. The van der Waals surface area contributed by atoms with Crippen LogP contribution in [0.25, 0.3) is 16.7 Å². The predicted molar refractivity (Wildman–Crippen MR) is 84.5 cm³/mol. The molecular weight excluding hydrogens is 313 g/mol. The Morgan fingerprint density at radius 1 is 1.20 bits per heavy atom. The zero-order chi connectivity index (χ0) is 14.3. The van der Waals surface area contributed by atoms with Gasteiger partial charge in [-0.3, -0.25) is 4.57 Å². The fourth-order valence-corrected chi connectivity index (χ4v) is 2.99. The summed E-state index contributed by atoms with van der Waals surface area (Å²) in [6, 6.07) is 9.07. The van der Waals surface area contributed by atoms with Crippen LogP contribution in [0.15, 0.2) is 36.5 Å². The van der Waals surface area contributed by atoms with Crippen LogP contribution in [-0.4, -0.2) is 14.5 Å². The summed E-state index contributed by atoms with van der Waals surface area (Å²) < 4.78 is 2.40. The molecule has 3 aromatic rings. The van der Waals surface area contributed by atoms with Crippen LogP contribution in [0.5, 0.6) is 0 Å². The molecule has 0 aliphatic carbocycles. The smallest absolute Gasteiger partial charge is 0.139 e. The maximum Gasteiger partial charge on any atom is 0.139 e. The summed E-state index contributed by atoms with van der Waals surface area (Å²) in [6.07, 6.45) is 1.71. The number of hydrogen-bond acceptors (Lipinski definition) is 3. The summed E-state index contributed by atoms with van der Waals surface area (Å²) in [6.45, 7) is 1.87. The van der Waals surface area contributed by atoms with Crippen molar-refractivity contribution in [3.05, 3.63) is 57.0 Å². The van der Waals surface area contributed by atoms with Crippen LogP contribution in [0, 0.1) is 11.6 Å². The highest BCUT2D eigenvalue weighted by molar-refractivity contribution is 7.71. The Bertz CT molecular complexity index is 860. The molecule has 0 bridgehead atoms.